The van der Waals surface area contributed by atoms with Crippen molar-refractivity contribution in [2.75, 3.05) is 0 Å². The van der Waals surface area contributed by atoms with Crippen LogP contribution in [0, 0.1) is 0 Å². The van der Waals surface area contributed by atoms with Crippen molar-refractivity contribution < 1.29 is 19.4 Å². The highest BCUT2D eigenvalue weighted by molar-refractivity contribution is 6.15. The van der Waals surface area contributed by atoms with E-state index < -0.39 is 11.4 Å². The first kappa shape index (κ1) is 12.2. The number of carbonyl (C=O) groups excluding carboxylic acids is 1. The third-order valence-electron chi connectivity index (χ3n) is 5.03. The maximum absolute atomic E-state index is 12.8. The zero-order valence-electron chi connectivity index (χ0n) is 12.1. The number of hydrogen-bond donors (Lipinski definition) is 1. The summed E-state index contributed by atoms with van der Waals surface area (Å²) in [6.07, 6.45) is 1.47. The SMILES string of the molecule is CC12CCC3(O1)c1ccccc1C(=O)c1c(O)ccc(c13)O2. The smallest absolute Gasteiger partial charge is 0.209 e. The molecule has 0 amide bonds. The van der Waals surface area contributed by atoms with Crippen molar-refractivity contribution >= 4 is 5.78 Å². The Labute approximate surface area is 127 Å². The summed E-state index contributed by atoms with van der Waals surface area (Å²) in [4.78, 5) is 12.8. The van der Waals surface area contributed by atoms with Gasteiger partial charge in [0.05, 0.1) is 5.56 Å². The molecular formula is C18H14O4. The van der Waals surface area contributed by atoms with Gasteiger partial charge in [0.25, 0.3) is 0 Å². The molecule has 1 aliphatic carbocycles. The number of aromatic hydroxyl groups is 1. The normalized spacial score (nSPS) is 30.5. The van der Waals surface area contributed by atoms with Crippen molar-refractivity contribution in [2.45, 2.75) is 31.2 Å². The molecule has 0 radical (unpaired) electrons. The molecule has 2 atom stereocenters. The molecule has 2 aliphatic heterocycles. The topological polar surface area (TPSA) is 55.8 Å². The van der Waals surface area contributed by atoms with Crippen LogP contribution in [0.25, 0.3) is 0 Å². The molecule has 2 aromatic carbocycles. The van der Waals surface area contributed by atoms with Crippen molar-refractivity contribution in [3.05, 3.63) is 58.7 Å². The van der Waals surface area contributed by atoms with Crippen LogP contribution in [-0.2, 0) is 10.3 Å². The third-order valence-corrected chi connectivity index (χ3v) is 5.03. The van der Waals surface area contributed by atoms with Crippen molar-refractivity contribution in [3.63, 3.8) is 0 Å². The predicted molar refractivity (Wildman–Crippen MR) is 78.1 cm³/mol. The van der Waals surface area contributed by atoms with Gasteiger partial charge < -0.3 is 14.6 Å². The number of carbonyl (C=O) groups is 1. The number of ketones is 1. The van der Waals surface area contributed by atoms with Crippen molar-refractivity contribution in [3.8, 4) is 11.5 Å². The van der Waals surface area contributed by atoms with E-state index in [0.29, 0.717) is 22.4 Å². The minimum Gasteiger partial charge on any atom is -0.507 e. The zero-order valence-corrected chi connectivity index (χ0v) is 12.1. The highest BCUT2D eigenvalue weighted by atomic mass is 16.7. The van der Waals surface area contributed by atoms with Crippen molar-refractivity contribution in [2.24, 2.45) is 0 Å². The monoisotopic (exact) mass is 294 g/mol. The molecule has 1 N–H and O–H groups in total. The fourth-order valence-corrected chi connectivity index (χ4v) is 4.13. The van der Waals surface area contributed by atoms with E-state index >= 15 is 0 Å². The molecule has 2 heterocycles. The van der Waals surface area contributed by atoms with E-state index in [1.165, 1.54) is 6.07 Å². The van der Waals surface area contributed by atoms with Gasteiger partial charge in [-0.25, -0.2) is 0 Å². The van der Waals surface area contributed by atoms with Gasteiger partial charge >= 0.3 is 0 Å². The molecule has 4 heteroatoms. The van der Waals surface area contributed by atoms with Gasteiger partial charge in [0.15, 0.2) is 5.78 Å². The summed E-state index contributed by atoms with van der Waals surface area (Å²) in [7, 11) is 0. The summed E-state index contributed by atoms with van der Waals surface area (Å²) < 4.78 is 12.3. The van der Waals surface area contributed by atoms with E-state index in [0.717, 1.165) is 18.4 Å². The van der Waals surface area contributed by atoms with Crippen molar-refractivity contribution in [1.29, 1.82) is 0 Å². The fraction of sp³-hybridized carbons (Fsp3) is 0.278. The molecule has 2 aromatic rings. The van der Waals surface area contributed by atoms with Gasteiger partial charge in [-0.2, -0.15) is 0 Å². The first-order chi connectivity index (χ1) is 10.5. The summed E-state index contributed by atoms with van der Waals surface area (Å²) in [5.41, 5.74) is 1.80. The van der Waals surface area contributed by atoms with Crippen LogP contribution >= 0.6 is 0 Å². The predicted octanol–water partition coefficient (Wildman–Crippen LogP) is 3.10. The van der Waals surface area contributed by atoms with Crippen LogP contribution in [0.2, 0.25) is 0 Å². The number of ether oxygens (including phenoxy) is 2. The van der Waals surface area contributed by atoms with Crippen LogP contribution in [0.5, 0.6) is 11.5 Å². The molecule has 0 aromatic heterocycles. The van der Waals surface area contributed by atoms with Crippen LogP contribution in [0.4, 0.5) is 0 Å². The van der Waals surface area contributed by atoms with E-state index in [4.69, 9.17) is 9.47 Å². The quantitative estimate of drug-likeness (QED) is 0.811. The van der Waals surface area contributed by atoms with E-state index in [2.05, 4.69) is 0 Å². The molecule has 22 heavy (non-hydrogen) atoms. The second kappa shape index (κ2) is 3.52. The molecule has 3 aliphatic rings. The lowest BCUT2D eigenvalue weighted by Crippen LogP contribution is -2.45. The molecular weight excluding hydrogens is 280 g/mol. The molecule has 5 rings (SSSR count). The third kappa shape index (κ3) is 1.21. The summed E-state index contributed by atoms with van der Waals surface area (Å²) >= 11 is 0. The molecule has 4 nitrogen and oxygen atoms in total. The van der Waals surface area contributed by atoms with Gasteiger partial charge in [-0.3, -0.25) is 4.79 Å². The Kier molecular flexibility index (Phi) is 1.96. The molecule has 110 valence electrons. The molecule has 0 saturated carbocycles. The maximum atomic E-state index is 12.8. The van der Waals surface area contributed by atoms with Gasteiger partial charge in [-0.1, -0.05) is 24.3 Å². The minimum absolute atomic E-state index is 0.0136. The van der Waals surface area contributed by atoms with Gasteiger partial charge in [0, 0.05) is 24.5 Å². The highest BCUT2D eigenvalue weighted by Gasteiger charge is 2.59. The van der Waals surface area contributed by atoms with Gasteiger partial charge in [0.1, 0.15) is 17.1 Å². The first-order valence-corrected chi connectivity index (χ1v) is 7.44. The van der Waals surface area contributed by atoms with E-state index in [1.54, 1.807) is 12.1 Å². The largest absolute Gasteiger partial charge is 0.507 e. The number of phenolic OH excluding ortho intramolecular Hbond substituents is 1. The maximum Gasteiger partial charge on any atom is 0.209 e. The van der Waals surface area contributed by atoms with Crippen LogP contribution in [-0.4, -0.2) is 16.7 Å². The first-order valence-electron chi connectivity index (χ1n) is 7.44. The highest BCUT2D eigenvalue weighted by Crippen LogP contribution is 2.60. The molecule has 2 bridgehead atoms. The lowest BCUT2D eigenvalue weighted by atomic mass is 9.72. The number of fused-ring (bicyclic) bond motifs is 2. The summed E-state index contributed by atoms with van der Waals surface area (Å²) in [6.45, 7) is 1.93. The Bertz CT molecular complexity index is 856. The average molecular weight is 294 g/mol. The zero-order chi connectivity index (χ0) is 15.1. The summed E-state index contributed by atoms with van der Waals surface area (Å²) in [5.74, 6) is -0.227. The lowest BCUT2D eigenvalue weighted by Gasteiger charge is -2.43. The second-order valence-corrected chi connectivity index (χ2v) is 6.37. The van der Waals surface area contributed by atoms with Crippen LogP contribution < -0.4 is 4.74 Å². The number of hydrogen-bond acceptors (Lipinski definition) is 4. The molecule has 1 saturated heterocycles. The van der Waals surface area contributed by atoms with Crippen LogP contribution in [0.15, 0.2) is 36.4 Å². The van der Waals surface area contributed by atoms with Gasteiger partial charge in [-0.05, 0) is 24.1 Å². The summed E-state index contributed by atoms with van der Waals surface area (Å²) in [5, 5.41) is 10.3. The van der Waals surface area contributed by atoms with Crippen LogP contribution in [0.3, 0.4) is 0 Å². The number of benzene rings is 2. The number of rotatable bonds is 0. The Balaban J connectivity index is 1.96. The molecule has 2 unspecified atom stereocenters. The molecule has 1 fully saturated rings. The Morgan fingerprint density at radius 1 is 1.14 bits per heavy atom. The lowest BCUT2D eigenvalue weighted by molar-refractivity contribution is -0.204. The van der Waals surface area contributed by atoms with Gasteiger partial charge in [-0.15, -0.1) is 0 Å². The Morgan fingerprint density at radius 3 is 2.82 bits per heavy atom. The average Bonchev–Trinajstić information content (AvgIpc) is 2.80. The fourth-order valence-electron chi connectivity index (χ4n) is 4.13. The summed E-state index contributed by atoms with van der Waals surface area (Å²) in [6, 6.07) is 10.8. The van der Waals surface area contributed by atoms with E-state index in [1.807, 2.05) is 25.1 Å². The second-order valence-electron chi connectivity index (χ2n) is 6.37. The number of phenols is 1. The standard InChI is InChI=1S/C18H14O4/c1-17-8-9-18(22-17)11-5-3-2-4-10(11)16(20)14-12(19)6-7-13(21-17)15(14)18/h2-7,19H,8-9H2,1H3. The molecule has 1 spiro atoms. The minimum atomic E-state index is -0.694. The van der Waals surface area contributed by atoms with E-state index in [9.17, 15) is 9.90 Å². The van der Waals surface area contributed by atoms with Gasteiger partial charge in [0.2, 0.25) is 5.79 Å². The van der Waals surface area contributed by atoms with E-state index in [-0.39, 0.29) is 11.5 Å². The Morgan fingerprint density at radius 2 is 1.95 bits per heavy atom. The van der Waals surface area contributed by atoms with Crippen molar-refractivity contribution in [1.82, 2.24) is 0 Å². The van der Waals surface area contributed by atoms with Crippen LogP contribution in [0.1, 0.15) is 46.8 Å². The Hall–Kier alpha value is -2.33.